The zero-order valence-electron chi connectivity index (χ0n) is 12.2. The van der Waals surface area contributed by atoms with Crippen molar-refractivity contribution in [2.24, 2.45) is 5.92 Å². The van der Waals surface area contributed by atoms with Crippen LogP contribution in [0.3, 0.4) is 0 Å². The first-order valence-electron chi connectivity index (χ1n) is 7.46. The van der Waals surface area contributed by atoms with E-state index in [-0.39, 0.29) is 12.0 Å². The summed E-state index contributed by atoms with van der Waals surface area (Å²) in [5, 5.41) is 13.4. The van der Waals surface area contributed by atoms with Gasteiger partial charge in [-0.05, 0) is 44.2 Å². The van der Waals surface area contributed by atoms with Gasteiger partial charge in [0.1, 0.15) is 0 Å². The van der Waals surface area contributed by atoms with Gasteiger partial charge in [-0.1, -0.05) is 18.2 Å². The van der Waals surface area contributed by atoms with Crippen LogP contribution in [0.1, 0.15) is 35.3 Å². The lowest BCUT2D eigenvalue weighted by molar-refractivity contribution is 0.0946. The number of hydrogen-bond donors (Lipinski definition) is 2. The summed E-state index contributed by atoms with van der Waals surface area (Å²) in [4.78, 5) is 16.9. The Morgan fingerprint density at radius 1 is 1.38 bits per heavy atom. The Kier molecular flexibility index (Phi) is 3.88. The Balaban J connectivity index is 1.78. The van der Waals surface area contributed by atoms with Gasteiger partial charge < -0.3 is 10.4 Å². The zero-order valence-corrected chi connectivity index (χ0v) is 12.2. The van der Waals surface area contributed by atoms with Gasteiger partial charge >= 0.3 is 0 Å². The zero-order chi connectivity index (χ0) is 14.8. The van der Waals surface area contributed by atoms with E-state index in [9.17, 15) is 9.90 Å². The second-order valence-corrected chi connectivity index (χ2v) is 5.87. The molecule has 4 nitrogen and oxygen atoms in total. The lowest BCUT2D eigenvalue weighted by Crippen LogP contribution is -2.29. The quantitative estimate of drug-likeness (QED) is 0.910. The molecule has 1 aromatic heterocycles. The smallest absolute Gasteiger partial charge is 0.252 e. The summed E-state index contributed by atoms with van der Waals surface area (Å²) >= 11 is 0. The van der Waals surface area contributed by atoms with Crippen LogP contribution < -0.4 is 5.32 Å². The van der Waals surface area contributed by atoms with Crippen LogP contribution in [0.15, 0.2) is 30.3 Å². The molecule has 0 saturated heterocycles. The average Bonchev–Trinajstić information content (AvgIpc) is 2.89. The molecular formula is C17H20N2O2. The van der Waals surface area contributed by atoms with Gasteiger partial charge in [0.25, 0.3) is 5.91 Å². The molecule has 1 aromatic carbocycles. The summed E-state index contributed by atoms with van der Waals surface area (Å²) in [5.74, 6) is 0.330. The summed E-state index contributed by atoms with van der Waals surface area (Å²) < 4.78 is 0. The molecule has 1 saturated carbocycles. The molecule has 4 heteroatoms. The minimum absolute atomic E-state index is 0.0573. The van der Waals surface area contributed by atoms with Crippen LogP contribution in [0.25, 0.3) is 10.9 Å². The third kappa shape index (κ3) is 3.05. The van der Waals surface area contributed by atoms with Gasteiger partial charge in [-0.15, -0.1) is 0 Å². The fourth-order valence-electron chi connectivity index (χ4n) is 3.06. The van der Waals surface area contributed by atoms with E-state index in [1.807, 2.05) is 37.3 Å². The van der Waals surface area contributed by atoms with Crippen molar-refractivity contribution in [2.75, 3.05) is 6.54 Å². The summed E-state index contributed by atoms with van der Waals surface area (Å²) in [5.41, 5.74) is 2.37. The van der Waals surface area contributed by atoms with Crippen molar-refractivity contribution in [3.05, 3.63) is 41.6 Å². The molecule has 3 rings (SSSR count). The summed E-state index contributed by atoms with van der Waals surface area (Å²) in [6.45, 7) is 2.53. The number of aromatic nitrogens is 1. The van der Waals surface area contributed by atoms with Crippen molar-refractivity contribution < 1.29 is 9.90 Å². The van der Waals surface area contributed by atoms with Crippen LogP contribution in [0.2, 0.25) is 0 Å². The SMILES string of the molecule is Cc1cc(C(=O)NCC2CCC(O)C2)c2ccccc2n1. The van der Waals surface area contributed by atoms with Gasteiger partial charge in [0.2, 0.25) is 0 Å². The highest BCUT2D eigenvalue weighted by molar-refractivity contribution is 6.06. The van der Waals surface area contributed by atoms with Gasteiger partial charge in [0.15, 0.2) is 0 Å². The van der Waals surface area contributed by atoms with Crippen molar-refractivity contribution in [3.63, 3.8) is 0 Å². The predicted octanol–water partition coefficient (Wildman–Crippen LogP) is 2.43. The van der Waals surface area contributed by atoms with Gasteiger partial charge in [-0.25, -0.2) is 0 Å². The molecule has 2 unspecified atom stereocenters. The second-order valence-electron chi connectivity index (χ2n) is 5.87. The first-order valence-corrected chi connectivity index (χ1v) is 7.46. The Morgan fingerprint density at radius 2 is 2.19 bits per heavy atom. The van der Waals surface area contributed by atoms with Crippen molar-refractivity contribution in [1.82, 2.24) is 10.3 Å². The normalized spacial score (nSPS) is 21.6. The van der Waals surface area contributed by atoms with Crippen LogP contribution >= 0.6 is 0 Å². The van der Waals surface area contributed by atoms with Crippen LogP contribution in [0.4, 0.5) is 0 Å². The summed E-state index contributed by atoms with van der Waals surface area (Å²) in [7, 11) is 0. The summed E-state index contributed by atoms with van der Waals surface area (Å²) in [6.07, 6.45) is 2.42. The minimum atomic E-state index is -0.198. The number of nitrogens with zero attached hydrogens (tertiary/aromatic N) is 1. The molecular weight excluding hydrogens is 264 g/mol. The number of hydrogen-bond acceptors (Lipinski definition) is 3. The Hall–Kier alpha value is -1.94. The number of aryl methyl sites for hydroxylation is 1. The molecule has 1 fully saturated rings. The standard InChI is InChI=1S/C17H20N2O2/c1-11-8-15(14-4-2-3-5-16(14)19-11)17(21)18-10-12-6-7-13(20)9-12/h2-5,8,12-13,20H,6-7,9-10H2,1H3,(H,18,21). The Bertz CT molecular complexity index is 669. The van der Waals surface area contributed by atoms with E-state index in [4.69, 9.17) is 0 Å². The van der Waals surface area contributed by atoms with Gasteiger partial charge in [-0.3, -0.25) is 9.78 Å². The maximum absolute atomic E-state index is 12.4. The Morgan fingerprint density at radius 3 is 2.95 bits per heavy atom. The average molecular weight is 284 g/mol. The Labute approximate surface area is 124 Å². The lowest BCUT2D eigenvalue weighted by Gasteiger charge is -2.12. The molecule has 2 N–H and O–H groups in total. The molecule has 1 amide bonds. The molecule has 0 spiro atoms. The third-order valence-electron chi connectivity index (χ3n) is 4.15. The van der Waals surface area contributed by atoms with Crippen LogP contribution in [0.5, 0.6) is 0 Å². The molecule has 21 heavy (non-hydrogen) atoms. The molecule has 0 bridgehead atoms. The monoisotopic (exact) mass is 284 g/mol. The minimum Gasteiger partial charge on any atom is -0.393 e. The first-order chi connectivity index (χ1) is 10.1. The van der Waals surface area contributed by atoms with Gasteiger partial charge in [-0.2, -0.15) is 0 Å². The van der Waals surface area contributed by atoms with Crippen LogP contribution in [-0.2, 0) is 0 Å². The number of amides is 1. The highest BCUT2D eigenvalue weighted by Gasteiger charge is 2.23. The molecule has 110 valence electrons. The maximum Gasteiger partial charge on any atom is 0.252 e. The number of aliphatic hydroxyl groups excluding tert-OH is 1. The maximum atomic E-state index is 12.4. The summed E-state index contributed by atoms with van der Waals surface area (Å²) in [6, 6.07) is 9.53. The van der Waals surface area contributed by atoms with E-state index in [0.717, 1.165) is 35.9 Å². The van der Waals surface area contributed by atoms with Crippen molar-refractivity contribution >= 4 is 16.8 Å². The van der Waals surface area contributed by atoms with Crippen molar-refractivity contribution in [1.29, 1.82) is 0 Å². The number of benzene rings is 1. The number of carbonyl (C=O) groups excluding carboxylic acids is 1. The molecule has 2 atom stereocenters. The number of fused-ring (bicyclic) bond motifs is 1. The van der Waals surface area contributed by atoms with E-state index in [1.165, 1.54) is 0 Å². The molecule has 0 radical (unpaired) electrons. The number of carbonyl (C=O) groups is 1. The largest absolute Gasteiger partial charge is 0.393 e. The van der Waals surface area contributed by atoms with E-state index >= 15 is 0 Å². The van der Waals surface area contributed by atoms with Crippen molar-refractivity contribution in [3.8, 4) is 0 Å². The third-order valence-corrected chi connectivity index (χ3v) is 4.15. The highest BCUT2D eigenvalue weighted by Crippen LogP contribution is 2.25. The molecule has 1 aliphatic rings. The number of pyridine rings is 1. The van der Waals surface area contributed by atoms with E-state index < -0.39 is 0 Å². The number of nitrogens with one attached hydrogen (secondary N) is 1. The van der Waals surface area contributed by atoms with Crippen LogP contribution in [-0.4, -0.2) is 28.6 Å². The second kappa shape index (κ2) is 5.82. The number of rotatable bonds is 3. The topological polar surface area (TPSA) is 62.2 Å². The fourth-order valence-corrected chi connectivity index (χ4v) is 3.06. The van der Waals surface area contributed by atoms with E-state index in [1.54, 1.807) is 0 Å². The van der Waals surface area contributed by atoms with E-state index in [0.29, 0.717) is 18.0 Å². The van der Waals surface area contributed by atoms with Gasteiger partial charge in [0, 0.05) is 17.6 Å². The highest BCUT2D eigenvalue weighted by atomic mass is 16.3. The molecule has 0 aliphatic heterocycles. The van der Waals surface area contributed by atoms with Crippen LogP contribution in [0, 0.1) is 12.8 Å². The van der Waals surface area contributed by atoms with Gasteiger partial charge in [0.05, 0.1) is 17.2 Å². The predicted molar refractivity (Wildman–Crippen MR) is 82.2 cm³/mol. The first kappa shape index (κ1) is 14.0. The molecule has 2 aromatic rings. The fraction of sp³-hybridized carbons (Fsp3) is 0.412. The lowest BCUT2D eigenvalue weighted by atomic mass is 10.1. The number of aliphatic hydroxyl groups is 1. The molecule has 1 heterocycles. The molecule has 1 aliphatic carbocycles. The number of para-hydroxylation sites is 1. The van der Waals surface area contributed by atoms with E-state index in [2.05, 4.69) is 10.3 Å². The van der Waals surface area contributed by atoms with Crippen molar-refractivity contribution in [2.45, 2.75) is 32.3 Å².